The third kappa shape index (κ3) is 5.67. The van der Waals surface area contributed by atoms with Crippen molar-refractivity contribution in [3.8, 4) is 11.5 Å². The van der Waals surface area contributed by atoms with Gasteiger partial charge in [0.15, 0.2) is 0 Å². The second-order valence-corrected chi connectivity index (χ2v) is 5.53. The van der Waals surface area contributed by atoms with Gasteiger partial charge in [-0.25, -0.2) is 0 Å². The zero-order valence-electron chi connectivity index (χ0n) is 13.1. The van der Waals surface area contributed by atoms with E-state index >= 15 is 0 Å². The molecule has 2 N–H and O–H groups in total. The van der Waals surface area contributed by atoms with E-state index < -0.39 is 6.61 Å². The summed E-state index contributed by atoms with van der Waals surface area (Å²) >= 11 is 0. The Bertz CT molecular complexity index is 520. The van der Waals surface area contributed by atoms with E-state index in [2.05, 4.69) is 15.4 Å². The average molecular weight is 328 g/mol. The third-order valence-electron chi connectivity index (χ3n) is 3.90. The first kappa shape index (κ1) is 17.5. The summed E-state index contributed by atoms with van der Waals surface area (Å²) in [6, 6.07) is 4.53. The first-order valence-electron chi connectivity index (χ1n) is 7.67. The number of carbonyl (C=O) groups is 1. The van der Waals surface area contributed by atoms with Gasteiger partial charge in [0.25, 0.3) is 0 Å². The molecule has 1 aliphatic heterocycles. The number of rotatable bonds is 8. The number of halogens is 2. The quantitative estimate of drug-likeness (QED) is 0.769. The standard InChI is InChI=1S/C16H22F2N2O3/c1-22-13-3-4-14(23-16(17)18)12(8-13)10-20-15(21)5-2-11-6-7-19-9-11/h3-4,8,11,16,19H,2,5-7,9-10H2,1H3,(H,20,21). The van der Waals surface area contributed by atoms with Crippen LogP contribution in [-0.2, 0) is 11.3 Å². The Morgan fingerprint density at radius 3 is 2.96 bits per heavy atom. The molecule has 2 rings (SSSR count). The van der Waals surface area contributed by atoms with Crippen LogP contribution in [0.2, 0.25) is 0 Å². The Morgan fingerprint density at radius 1 is 1.48 bits per heavy atom. The molecule has 1 heterocycles. The van der Waals surface area contributed by atoms with Crippen molar-refractivity contribution in [3.63, 3.8) is 0 Å². The molecule has 5 nitrogen and oxygen atoms in total. The maximum absolute atomic E-state index is 12.4. The summed E-state index contributed by atoms with van der Waals surface area (Å²) in [6.07, 6.45) is 2.36. The molecule has 1 atom stereocenters. The minimum Gasteiger partial charge on any atom is -0.497 e. The number of benzene rings is 1. The maximum atomic E-state index is 12.4. The van der Waals surface area contributed by atoms with Gasteiger partial charge in [0, 0.05) is 18.5 Å². The van der Waals surface area contributed by atoms with E-state index in [9.17, 15) is 13.6 Å². The summed E-state index contributed by atoms with van der Waals surface area (Å²) in [5.74, 6) is 1.01. The lowest BCUT2D eigenvalue weighted by Gasteiger charge is -2.13. The van der Waals surface area contributed by atoms with Gasteiger partial charge in [0.05, 0.1) is 7.11 Å². The molecule has 0 bridgehead atoms. The van der Waals surface area contributed by atoms with E-state index in [1.54, 1.807) is 6.07 Å². The number of hydrogen-bond donors (Lipinski definition) is 2. The largest absolute Gasteiger partial charge is 0.497 e. The van der Waals surface area contributed by atoms with Gasteiger partial charge in [0.1, 0.15) is 11.5 Å². The lowest BCUT2D eigenvalue weighted by Crippen LogP contribution is -2.24. The first-order chi connectivity index (χ1) is 11.1. The van der Waals surface area contributed by atoms with Crippen LogP contribution in [0.4, 0.5) is 8.78 Å². The Kier molecular flexibility index (Phi) is 6.58. The van der Waals surface area contributed by atoms with Crippen molar-refractivity contribution in [2.45, 2.75) is 32.4 Å². The van der Waals surface area contributed by atoms with Gasteiger partial charge >= 0.3 is 6.61 Å². The highest BCUT2D eigenvalue weighted by Gasteiger charge is 2.16. The minimum absolute atomic E-state index is 0.0427. The Labute approximate surface area is 134 Å². The van der Waals surface area contributed by atoms with Crippen molar-refractivity contribution in [2.24, 2.45) is 5.92 Å². The number of methoxy groups -OCH3 is 1. The van der Waals surface area contributed by atoms with Crippen molar-refractivity contribution in [2.75, 3.05) is 20.2 Å². The molecule has 0 saturated carbocycles. The molecule has 1 amide bonds. The molecule has 0 aromatic heterocycles. The number of alkyl halides is 2. The van der Waals surface area contributed by atoms with Crippen molar-refractivity contribution in [1.82, 2.24) is 10.6 Å². The molecule has 0 spiro atoms. The fourth-order valence-corrected chi connectivity index (χ4v) is 2.61. The molecule has 1 saturated heterocycles. The molecule has 0 aliphatic carbocycles. The number of amides is 1. The van der Waals surface area contributed by atoms with E-state index in [1.165, 1.54) is 19.2 Å². The van der Waals surface area contributed by atoms with Gasteiger partial charge in [-0.05, 0) is 50.0 Å². The number of nitrogens with one attached hydrogen (secondary N) is 2. The van der Waals surface area contributed by atoms with Crippen molar-refractivity contribution in [1.29, 1.82) is 0 Å². The molecule has 128 valence electrons. The zero-order chi connectivity index (χ0) is 16.7. The van der Waals surface area contributed by atoms with Crippen LogP contribution in [0.15, 0.2) is 18.2 Å². The predicted octanol–water partition coefficient (Wildman–Crippen LogP) is 2.30. The number of hydrogen-bond acceptors (Lipinski definition) is 4. The molecule has 1 aromatic carbocycles. The van der Waals surface area contributed by atoms with Crippen LogP contribution < -0.4 is 20.1 Å². The molecule has 0 radical (unpaired) electrons. The molecule has 1 fully saturated rings. The Morgan fingerprint density at radius 2 is 2.30 bits per heavy atom. The van der Waals surface area contributed by atoms with Crippen LogP contribution in [0.1, 0.15) is 24.8 Å². The molecule has 1 aliphatic rings. The molecule has 7 heteroatoms. The smallest absolute Gasteiger partial charge is 0.387 e. The lowest BCUT2D eigenvalue weighted by atomic mass is 10.0. The fraction of sp³-hybridized carbons (Fsp3) is 0.562. The summed E-state index contributed by atoms with van der Waals surface area (Å²) in [5.41, 5.74) is 0.459. The number of ether oxygens (including phenoxy) is 2. The van der Waals surface area contributed by atoms with Gasteiger partial charge in [0.2, 0.25) is 5.91 Å². The van der Waals surface area contributed by atoms with Crippen LogP contribution in [-0.4, -0.2) is 32.7 Å². The van der Waals surface area contributed by atoms with Crippen LogP contribution in [0, 0.1) is 5.92 Å². The highest BCUT2D eigenvalue weighted by atomic mass is 19.3. The predicted molar refractivity (Wildman–Crippen MR) is 81.7 cm³/mol. The van der Waals surface area contributed by atoms with Gasteiger partial charge in [-0.3, -0.25) is 4.79 Å². The fourth-order valence-electron chi connectivity index (χ4n) is 2.61. The maximum Gasteiger partial charge on any atom is 0.387 e. The summed E-state index contributed by atoms with van der Waals surface area (Å²) in [5, 5.41) is 6.01. The van der Waals surface area contributed by atoms with Crippen LogP contribution in [0.25, 0.3) is 0 Å². The van der Waals surface area contributed by atoms with Crippen molar-refractivity contribution in [3.05, 3.63) is 23.8 Å². The van der Waals surface area contributed by atoms with Gasteiger partial charge < -0.3 is 20.1 Å². The first-order valence-corrected chi connectivity index (χ1v) is 7.67. The van der Waals surface area contributed by atoms with E-state index in [0.717, 1.165) is 25.9 Å². The van der Waals surface area contributed by atoms with E-state index in [4.69, 9.17) is 4.74 Å². The number of carbonyl (C=O) groups excluding carboxylic acids is 1. The van der Waals surface area contributed by atoms with Gasteiger partial charge in [-0.1, -0.05) is 0 Å². The highest BCUT2D eigenvalue weighted by molar-refractivity contribution is 5.76. The van der Waals surface area contributed by atoms with Gasteiger partial charge in [-0.15, -0.1) is 0 Å². The highest BCUT2D eigenvalue weighted by Crippen LogP contribution is 2.25. The summed E-state index contributed by atoms with van der Waals surface area (Å²) in [4.78, 5) is 11.9. The van der Waals surface area contributed by atoms with Crippen molar-refractivity contribution >= 4 is 5.91 Å². The van der Waals surface area contributed by atoms with E-state index in [0.29, 0.717) is 23.7 Å². The normalized spacial score (nSPS) is 17.3. The summed E-state index contributed by atoms with van der Waals surface area (Å²) in [6.45, 7) is -0.825. The second-order valence-electron chi connectivity index (χ2n) is 5.53. The second kappa shape index (κ2) is 8.67. The third-order valence-corrected chi connectivity index (χ3v) is 3.90. The zero-order valence-corrected chi connectivity index (χ0v) is 13.1. The Hall–Kier alpha value is -1.89. The van der Waals surface area contributed by atoms with Gasteiger partial charge in [-0.2, -0.15) is 8.78 Å². The van der Waals surface area contributed by atoms with Crippen LogP contribution in [0.5, 0.6) is 11.5 Å². The molecule has 1 unspecified atom stereocenters. The SMILES string of the molecule is COc1ccc(OC(F)F)c(CNC(=O)CCC2CCNC2)c1. The summed E-state index contributed by atoms with van der Waals surface area (Å²) < 4.78 is 34.4. The Balaban J connectivity index is 1.88. The average Bonchev–Trinajstić information content (AvgIpc) is 3.05. The lowest BCUT2D eigenvalue weighted by molar-refractivity contribution is -0.121. The molecular formula is C16H22F2N2O3. The summed E-state index contributed by atoms with van der Waals surface area (Å²) in [7, 11) is 1.49. The van der Waals surface area contributed by atoms with Crippen molar-refractivity contribution < 1.29 is 23.0 Å². The van der Waals surface area contributed by atoms with E-state index in [1.807, 2.05) is 0 Å². The minimum atomic E-state index is -2.91. The van der Waals surface area contributed by atoms with E-state index in [-0.39, 0.29) is 18.2 Å². The molecule has 1 aromatic rings. The van der Waals surface area contributed by atoms with Crippen LogP contribution in [0.3, 0.4) is 0 Å². The topological polar surface area (TPSA) is 59.6 Å². The monoisotopic (exact) mass is 328 g/mol. The molecule has 23 heavy (non-hydrogen) atoms. The van der Waals surface area contributed by atoms with Crippen LogP contribution >= 0.6 is 0 Å². The molecular weight excluding hydrogens is 306 g/mol.